The zero-order valence-corrected chi connectivity index (χ0v) is 18.1. The van der Waals surface area contributed by atoms with Gasteiger partial charge in [0.25, 0.3) is 5.60 Å². The highest BCUT2D eigenvalue weighted by atomic mass is 19.4. The maximum Gasteiger partial charge on any atom is 0.429 e. The molecule has 0 amide bonds. The van der Waals surface area contributed by atoms with Gasteiger partial charge in [0.15, 0.2) is 0 Å². The van der Waals surface area contributed by atoms with Crippen molar-refractivity contribution in [2.75, 3.05) is 0 Å². The van der Waals surface area contributed by atoms with E-state index in [4.69, 9.17) is 4.74 Å². The van der Waals surface area contributed by atoms with Crippen molar-refractivity contribution in [1.82, 2.24) is 0 Å². The number of hydrogen-bond donors (Lipinski definition) is 1. The minimum Gasteiger partial charge on any atom is -0.371 e. The number of aliphatic hydroxyl groups is 1. The van der Waals surface area contributed by atoms with Gasteiger partial charge in [-0.3, -0.25) is 0 Å². The quantitative estimate of drug-likeness (QED) is 0.475. The smallest absolute Gasteiger partial charge is 0.371 e. The molecule has 0 bridgehead atoms. The van der Waals surface area contributed by atoms with Crippen LogP contribution in [-0.2, 0) is 10.3 Å². The summed E-state index contributed by atoms with van der Waals surface area (Å²) in [6, 6.07) is 10.8. The van der Waals surface area contributed by atoms with Gasteiger partial charge < -0.3 is 9.84 Å². The predicted octanol–water partition coefficient (Wildman–Crippen LogP) is 7.29. The number of benzene rings is 2. The first-order valence-electron chi connectivity index (χ1n) is 10.3. The first-order valence-corrected chi connectivity index (χ1v) is 10.3. The Hall–Kier alpha value is -2.06. The maximum absolute atomic E-state index is 13.6. The second-order valence-corrected chi connectivity index (χ2v) is 9.04. The van der Waals surface area contributed by atoms with E-state index in [1.807, 2.05) is 18.2 Å². The van der Waals surface area contributed by atoms with Gasteiger partial charge >= 0.3 is 12.4 Å². The van der Waals surface area contributed by atoms with E-state index < -0.39 is 29.2 Å². The van der Waals surface area contributed by atoms with Crippen LogP contribution in [0.3, 0.4) is 0 Å². The topological polar surface area (TPSA) is 29.5 Å². The standard InChI is InChI=1S/C24H26F6O2/c1-15(2)19-14-17(13-16-9-5-6-10-18(16)19)21(11-7-8-12-21)32-20(3,4)22(31,23(25,26)27)24(28,29)30/h5-6,9-10,13-14,31H,1,7-8,11-12H2,2-4H3. The molecule has 0 unspecified atom stereocenters. The van der Waals surface area contributed by atoms with Crippen molar-refractivity contribution in [2.45, 2.75) is 75.6 Å². The van der Waals surface area contributed by atoms with Crippen LogP contribution < -0.4 is 0 Å². The molecule has 1 aliphatic carbocycles. The molecule has 2 aromatic rings. The first-order chi connectivity index (χ1) is 14.6. The van der Waals surface area contributed by atoms with E-state index in [2.05, 4.69) is 6.58 Å². The normalized spacial score (nSPS) is 17.7. The molecule has 0 atom stereocenters. The molecule has 1 N–H and O–H groups in total. The number of alkyl halides is 6. The average molecular weight is 460 g/mol. The Labute approximate surface area is 182 Å². The van der Waals surface area contributed by atoms with Gasteiger partial charge in [-0.05, 0) is 67.6 Å². The molecule has 2 nitrogen and oxygen atoms in total. The Morgan fingerprint density at radius 1 is 0.969 bits per heavy atom. The summed E-state index contributed by atoms with van der Waals surface area (Å²) in [6.07, 6.45) is -10.4. The third kappa shape index (κ3) is 3.81. The molecule has 0 spiro atoms. The second kappa shape index (κ2) is 7.76. The molecule has 0 aliphatic heterocycles. The van der Waals surface area contributed by atoms with Crippen LogP contribution in [0, 0.1) is 0 Å². The largest absolute Gasteiger partial charge is 0.429 e. The number of halogens is 6. The summed E-state index contributed by atoms with van der Waals surface area (Å²) in [5, 5.41) is 11.7. The Balaban J connectivity index is 2.19. The molecular weight excluding hydrogens is 434 g/mol. The lowest BCUT2D eigenvalue weighted by atomic mass is 9.81. The maximum atomic E-state index is 13.6. The fraction of sp³-hybridized carbons (Fsp3) is 0.500. The molecule has 1 aliphatic rings. The van der Waals surface area contributed by atoms with Crippen LogP contribution in [0.25, 0.3) is 16.3 Å². The molecule has 3 rings (SSSR count). The van der Waals surface area contributed by atoms with Crippen molar-refractivity contribution in [1.29, 1.82) is 0 Å². The van der Waals surface area contributed by atoms with Crippen LogP contribution >= 0.6 is 0 Å². The van der Waals surface area contributed by atoms with E-state index in [9.17, 15) is 31.4 Å². The lowest BCUT2D eigenvalue weighted by Gasteiger charge is -2.48. The number of ether oxygens (including phenoxy) is 1. The molecule has 2 aromatic carbocycles. The van der Waals surface area contributed by atoms with Crippen LogP contribution in [0.4, 0.5) is 26.3 Å². The van der Waals surface area contributed by atoms with Gasteiger partial charge in [0.05, 0.1) is 5.60 Å². The summed E-state index contributed by atoms with van der Waals surface area (Å²) >= 11 is 0. The number of allylic oxidation sites excluding steroid dienone is 1. The summed E-state index contributed by atoms with van der Waals surface area (Å²) in [4.78, 5) is 0. The van der Waals surface area contributed by atoms with E-state index in [1.165, 1.54) is 0 Å². The van der Waals surface area contributed by atoms with E-state index in [1.54, 1.807) is 25.1 Å². The van der Waals surface area contributed by atoms with E-state index >= 15 is 0 Å². The fourth-order valence-corrected chi connectivity index (χ4v) is 4.73. The van der Waals surface area contributed by atoms with Crippen molar-refractivity contribution < 1.29 is 36.2 Å². The third-order valence-electron chi connectivity index (χ3n) is 6.40. The van der Waals surface area contributed by atoms with Gasteiger partial charge in [0, 0.05) is 0 Å². The number of rotatable bonds is 5. The molecule has 1 saturated carbocycles. The van der Waals surface area contributed by atoms with Gasteiger partial charge in [0.2, 0.25) is 0 Å². The molecule has 32 heavy (non-hydrogen) atoms. The lowest BCUT2D eigenvalue weighted by molar-refractivity contribution is -0.421. The minimum atomic E-state index is -5.99. The SMILES string of the molecule is C=C(C)c1cc(C2(OC(C)(C)C(O)(C(F)(F)F)C(F)(F)F)CCCC2)cc2ccccc12. The van der Waals surface area contributed by atoms with Crippen molar-refractivity contribution in [3.63, 3.8) is 0 Å². The predicted molar refractivity (Wildman–Crippen MR) is 111 cm³/mol. The van der Waals surface area contributed by atoms with Crippen LogP contribution in [0.2, 0.25) is 0 Å². The minimum absolute atomic E-state index is 0.232. The van der Waals surface area contributed by atoms with Crippen LogP contribution in [0.5, 0.6) is 0 Å². The Morgan fingerprint density at radius 2 is 1.50 bits per heavy atom. The van der Waals surface area contributed by atoms with Crippen molar-refractivity contribution in [2.24, 2.45) is 0 Å². The molecule has 176 valence electrons. The second-order valence-electron chi connectivity index (χ2n) is 9.04. The fourth-order valence-electron chi connectivity index (χ4n) is 4.73. The molecule has 8 heteroatoms. The first kappa shape index (κ1) is 24.6. The monoisotopic (exact) mass is 460 g/mol. The highest BCUT2D eigenvalue weighted by Crippen LogP contribution is 2.55. The lowest BCUT2D eigenvalue weighted by Crippen LogP contribution is -2.70. The van der Waals surface area contributed by atoms with Gasteiger partial charge in [-0.25, -0.2) is 0 Å². The summed E-state index contributed by atoms with van der Waals surface area (Å²) in [5.74, 6) is 0. The van der Waals surface area contributed by atoms with Crippen molar-refractivity contribution in [3.05, 3.63) is 54.1 Å². The molecule has 0 saturated heterocycles. The van der Waals surface area contributed by atoms with Gasteiger partial charge in [0.1, 0.15) is 5.60 Å². The van der Waals surface area contributed by atoms with E-state index in [-0.39, 0.29) is 12.8 Å². The zero-order chi connectivity index (χ0) is 24.2. The Bertz CT molecular complexity index is 999. The molecule has 0 aromatic heterocycles. The summed E-state index contributed by atoms with van der Waals surface area (Å²) in [6.45, 7) is 7.04. The van der Waals surface area contributed by atoms with Gasteiger partial charge in [-0.15, -0.1) is 0 Å². The van der Waals surface area contributed by atoms with Crippen molar-refractivity contribution >= 4 is 16.3 Å². The highest BCUT2D eigenvalue weighted by molar-refractivity contribution is 5.94. The van der Waals surface area contributed by atoms with Gasteiger partial charge in [-0.1, -0.05) is 49.3 Å². The van der Waals surface area contributed by atoms with Crippen LogP contribution in [-0.4, -0.2) is 28.7 Å². The van der Waals surface area contributed by atoms with Crippen molar-refractivity contribution in [3.8, 4) is 0 Å². The molecular formula is C24H26F6O2. The molecule has 0 radical (unpaired) electrons. The average Bonchev–Trinajstić information content (AvgIpc) is 3.13. The van der Waals surface area contributed by atoms with Gasteiger partial charge in [-0.2, -0.15) is 26.3 Å². The zero-order valence-electron chi connectivity index (χ0n) is 18.1. The number of fused-ring (bicyclic) bond motifs is 1. The third-order valence-corrected chi connectivity index (χ3v) is 6.40. The Morgan fingerprint density at radius 3 is 2.00 bits per heavy atom. The van der Waals surface area contributed by atoms with E-state index in [0.29, 0.717) is 37.8 Å². The Kier molecular flexibility index (Phi) is 5.96. The highest BCUT2D eigenvalue weighted by Gasteiger charge is 2.78. The number of hydrogen-bond acceptors (Lipinski definition) is 2. The summed E-state index contributed by atoms with van der Waals surface area (Å²) in [7, 11) is 0. The molecule has 1 fully saturated rings. The molecule has 0 heterocycles. The van der Waals surface area contributed by atoms with Crippen LogP contribution in [0.1, 0.15) is 57.6 Å². The van der Waals surface area contributed by atoms with E-state index in [0.717, 1.165) is 16.3 Å². The van der Waals surface area contributed by atoms with Crippen LogP contribution in [0.15, 0.2) is 43.0 Å². The summed E-state index contributed by atoms with van der Waals surface area (Å²) < 4.78 is 87.4. The summed E-state index contributed by atoms with van der Waals surface area (Å²) in [5.41, 5.74) is -7.54.